The van der Waals surface area contributed by atoms with Crippen LogP contribution in [0.5, 0.6) is 5.75 Å². The number of hydrogen-bond acceptors (Lipinski definition) is 3. The van der Waals surface area contributed by atoms with Crippen molar-refractivity contribution in [3.8, 4) is 5.75 Å². The second-order valence-corrected chi connectivity index (χ2v) is 6.13. The smallest absolute Gasteiger partial charge is 0.310 e. The topological polar surface area (TPSA) is 75.6 Å². The SMILES string of the molecule is COc1ccc(CC(C)C(=O)Nc2cccc(C(C)C(=O)O)c2)cc1. The fraction of sp³-hybridized carbons (Fsp3) is 0.300. The van der Waals surface area contributed by atoms with Crippen LogP contribution in [0, 0.1) is 5.92 Å². The highest BCUT2D eigenvalue weighted by molar-refractivity contribution is 5.92. The molecule has 5 heteroatoms. The molecule has 2 aromatic carbocycles. The van der Waals surface area contributed by atoms with Crippen molar-refractivity contribution in [2.45, 2.75) is 26.2 Å². The van der Waals surface area contributed by atoms with Gasteiger partial charge in [0.1, 0.15) is 5.75 Å². The third kappa shape index (κ3) is 5.08. The third-order valence-electron chi connectivity index (χ3n) is 4.17. The third-order valence-corrected chi connectivity index (χ3v) is 4.17. The summed E-state index contributed by atoms with van der Waals surface area (Å²) in [6.45, 7) is 3.48. The second-order valence-electron chi connectivity index (χ2n) is 6.13. The van der Waals surface area contributed by atoms with Gasteiger partial charge in [0.15, 0.2) is 0 Å². The van der Waals surface area contributed by atoms with Gasteiger partial charge in [-0.05, 0) is 48.7 Å². The van der Waals surface area contributed by atoms with Crippen molar-refractivity contribution in [3.63, 3.8) is 0 Å². The molecule has 5 nitrogen and oxygen atoms in total. The van der Waals surface area contributed by atoms with Crippen LogP contribution < -0.4 is 10.1 Å². The van der Waals surface area contributed by atoms with Gasteiger partial charge in [-0.3, -0.25) is 9.59 Å². The van der Waals surface area contributed by atoms with Gasteiger partial charge in [-0.2, -0.15) is 0 Å². The van der Waals surface area contributed by atoms with Gasteiger partial charge in [-0.1, -0.05) is 31.2 Å². The molecule has 0 aliphatic heterocycles. The van der Waals surface area contributed by atoms with Gasteiger partial charge < -0.3 is 15.2 Å². The van der Waals surface area contributed by atoms with Crippen LogP contribution in [0.15, 0.2) is 48.5 Å². The Kier molecular flexibility index (Phi) is 6.17. The predicted octanol–water partition coefficient (Wildman–Crippen LogP) is 3.70. The minimum atomic E-state index is -0.892. The van der Waals surface area contributed by atoms with Crippen molar-refractivity contribution in [1.82, 2.24) is 0 Å². The van der Waals surface area contributed by atoms with Gasteiger partial charge in [-0.25, -0.2) is 0 Å². The van der Waals surface area contributed by atoms with Crippen LogP contribution >= 0.6 is 0 Å². The lowest BCUT2D eigenvalue weighted by atomic mass is 9.99. The zero-order valence-corrected chi connectivity index (χ0v) is 14.7. The highest BCUT2D eigenvalue weighted by Crippen LogP contribution is 2.21. The number of ether oxygens (including phenoxy) is 1. The number of nitrogens with one attached hydrogen (secondary N) is 1. The number of methoxy groups -OCH3 is 1. The number of benzene rings is 2. The standard InChI is InChI=1S/C20H23NO4/c1-13(11-15-7-9-18(25-3)10-8-15)19(22)21-17-6-4-5-16(12-17)14(2)20(23)24/h4-10,12-14H,11H2,1-3H3,(H,21,22)(H,23,24). The van der Waals surface area contributed by atoms with E-state index >= 15 is 0 Å². The van der Waals surface area contributed by atoms with Crippen molar-refractivity contribution in [2.24, 2.45) is 5.92 Å². The van der Waals surface area contributed by atoms with E-state index in [0.717, 1.165) is 11.3 Å². The average Bonchev–Trinajstić information content (AvgIpc) is 2.61. The van der Waals surface area contributed by atoms with Crippen LogP contribution in [-0.2, 0) is 16.0 Å². The molecular weight excluding hydrogens is 318 g/mol. The molecule has 2 N–H and O–H groups in total. The molecule has 2 aromatic rings. The summed E-state index contributed by atoms with van der Waals surface area (Å²) in [7, 11) is 1.62. The van der Waals surface area contributed by atoms with Gasteiger partial charge in [0.05, 0.1) is 13.0 Å². The maximum Gasteiger partial charge on any atom is 0.310 e. The van der Waals surface area contributed by atoms with E-state index in [9.17, 15) is 9.59 Å². The highest BCUT2D eigenvalue weighted by Gasteiger charge is 2.16. The molecule has 0 bridgehead atoms. The monoisotopic (exact) mass is 341 g/mol. The van der Waals surface area contributed by atoms with Crippen LogP contribution in [-0.4, -0.2) is 24.1 Å². The molecule has 132 valence electrons. The molecule has 2 unspecified atom stereocenters. The Morgan fingerprint density at radius 3 is 2.40 bits per heavy atom. The summed E-state index contributed by atoms with van der Waals surface area (Å²) in [5, 5.41) is 12.0. The van der Waals surface area contributed by atoms with E-state index in [-0.39, 0.29) is 11.8 Å². The normalized spacial score (nSPS) is 12.9. The fourth-order valence-electron chi connectivity index (χ4n) is 2.50. The molecule has 2 atom stereocenters. The molecule has 1 amide bonds. The number of aliphatic carboxylic acids is 1. The maximum atomic E-state index is 12.4. The summed E-state index contributed by atoms with van der Waals surface area (Å²) >= 11 is 0. The van der Waals surface area contributed by atoms with Gasteiger partial charge in [0, 0.05) is 11.6 Å². The number of carbonyl (C=O) groups is 2. The highest BCUT2D eigenvalue weighted by atomic mass is 16.5. The summed E-state index contributed by atoms with van der Waals surface area (Å²) < 4.78 is 5.13. The summed E-state index contributed by atoms with van der Waals surface area (Å²) in [5.74, 6) is -1.04. The lowest BCUT2D eigenvalue weighted by molar-refractivity contribution is -0.138. The quantitative estimate of drug-likeness (QED) is 0.805. The number of anilines is 1. The van der Waals surface area contributed by atoms with E-state index in [1.54, 1.807) is 38.3 Å². The summed E-state index contributed by atoms with van der Waals surface area (Å²) in [6, 6.07) is 14.6. The molecule has 0 spiro atoms. The second kappa shape index (κ2) is 8.33. The molecule has 0 aliphatic rings. The van der Waals surface area contributed by atoms with Crippen LogP contribution in [0.2, 0.25) is 0 Å². The van der Waals surface area contributed by atoms with E-state index in [4.69, 9.17) is 9.84 Å². The van der Waals surface area contributed by atoms with Gasteiger partial charge >= 0.3 is 5.97 Å². The Hall–Kier alpha value is -2.82. The largest absolute Gasteiger partial charge is 0.497 e. The van der Waals surface area contributed by atoms with E-state index in [1.807, 2.05) is 31.2 Å². The first-order valence-corrected chi connectivity index (χ1v) is 8.17. The molecule has 0 fully saturated rings. The molecule has 0 saturated carbocycles. The van der Waals surface area contributed by atoms with Crippen LogP contribution in [0.4, 0.5) is 5.69 Å². The number of amides is 1. The van der Waals surface area contributed by atoms with Crippen molar-refractivity contribution < 1.29 is 19.4 Å². The van der Waals surface area contributed by atoms with E-state index in [2.05, 4.69) is 5.32 Å². The zero-order chi connectivity index (χ0) is 18.4. The number of carbonyl (C=O) groups excluding carboxylic acids is 1. The number of carboxylic acids is 1. The van der Waals surface area contributed by atoms with Gasteiger partial charge in [0.25, 0.3) is 0 Å². The van der Waals surface area contributed by atoms with E-state index < -0.39 is 11.9 Å². The average molecular weight is 341 g/mol. The van der Waals surface area contributed by atoms with Crippen molar-refractivity contribution in [2.75, 3.05) is 12.4 Å². The predicted molar refractivity (Wildman–Crippen MR) is 97.0 cm³/mol. The minimum Gasteiger partial charge on any atom is -0.497 e. The molecule has 2 rings (SSSR count). The Morgan fingerprint density at radius 1 is 1.12 bits per heavy atom. The first-order chi connectivity index (χ1) is 11.9. The Morgan fingerprint density at radius 2 is 1.80 bits per heavy atom. The molecule has 0 saturated heterocycles. The Labute approximate surface area is 147 Å². The number of hydrogen-bond donors (Lipinski definition) is 2. The van der Waals surface area contributed by atoms with Crippen molar-refractivity contribution >= 4 is 17.6 Å². The first kappa shape index (κ1) is 18.5. The lowest BCUT2D eigenvalue weighted by Crippen LogP contribution is -2.22. The van der Waals surface area contributed by atoms with Gasteiger partial charge in [0.2, 0.25) is 5.91 Å². The van der Waals surface area contributed by atoms with Crippen molar-refractivity contribution in [1.29, 1.82) is 0 Å². The molecule has 0 radical (unpaired) electrons. The molecule has 25 heavy (non-hydrogen) atoms. The Balaban J connectivity index is 2.00. The zero-order valence-electron chi connectivity index (χ0n) is 14.7. The molecular formula is C20H23NO4. The number of carboxylic acid groups (broad SMARTS) is 1. The molecule has 0 aromatic heterocycles. The first-order valence-electron chi connectivity index (χ1n) is 8.17. The summed E-state index contributed by atoms with van der Waals surface area (Å²) in [6.07, 6.45) is 0.612. The van der Waals surface area contributed by atoms with Gasteiger partial charge in [-0.15, -0.1) is 0 Å². The van der Waals surface area contributed by atoms with Crippen LogP contribution in [0.3, 0.4) is 0 Å². The Bertz CT molecular complexity index is 740. The summed E-state index contributed by atoms with van der Waals surface area (Å²) in [4.78, 5) is 23.5. The molecule has 0 aliphatic carbocycles. The molecule has 0 heterocycles. The summed E-state index contributed by atoms with van der Waals surface area (Å²) in [5.41, 5.74) is 2.32. The van der Waals surface area contributed by atoms with E-state index in [0.29, 0.717) is 17.7 Å². The lowest BCUT2D eigenvalue weighted by Gasteiger charge is -2.14. The van der Waals surface area contributed by atoms with Crippen molar-refractivity contribution in [3.05, 3.63) is 59.7 Å². The minimum absolute atomic E-state index is 0.101. The fourth-order valence-corrected chi connectivity index (χ4v) is 2.50. The van der Waals surface area contributed by atoms with Crippen LogP contribution in [0.25, 0.3) is 0 Å². The van der Waals surface area contributed by atoms with Crippen LogP contribution in [0.1, 0.15) is 30.9 Å². The number of rotatable bonds is 7. The van der Waals surface area contributed by atoms with E-state index in [1.165, 1.54) is 0 Å². The maximum absolute atomic E-state index is 12.4.